The number of imidazole rings is 1. The van der Waals surface area contributed by atoms with Crippen LogP contribution in [0.2, 0.25) is 0 Å². The summed E-state index contributed by atoms with van der Waals surface area (Å²) in [6, 6.07) is 16.9. The van der Waals surface area contributed by atoms with Crippen molar-refractivity contribution in [3.63, 3.8) is 0 Å². The van der Waals surface area contributed by atoms with E-state index < -0.39 is 0 Å². The van der Waals surface area contributed by atoms with Gasteiger partial charge in [-0.2, -0.15) is 10.1 Å². The number of hydrazone groups is 1. The molecule has 0 aliphatic carbocycles. The minimum absolute atomic E-state index is 0.106. The molecule has 1 aliphatic heterocycles. The molecule has 7 nitrogen and oxygen atoms in total. The summed E-state index contributed by atoms with van der Waals surface area (Å²) in [4.78, 5) is 30.4. The first-order valence-electron chi connectivity index (χ1n) is 10.0. The maximum Gasteiger partial charge on any atom is 0.248 e. The van der Waals surface area contributed by atoms with Gasteiger partial charge in [-0.15, -0.1) is 0 Å². The molecule has 158 valence electrons. The Balaban J connectivity index is 1.90. The second-order valence-electron chi connectivity index (χ2n) is 6.81. The van der Waals surface area contributed by atoms with Crippen molar-refractivity contribution in [2.45, 2.75) is 31.7 Å². The van der Waals surface area contributed by atoms with Crippen LogP contribution in [0.1, 0.15) is 37.0 Å². The quantitative estimate of drug-likeness (QED) is 0.575. The third kappa shape index (κ3) is 3.86. The SMILES string of the molecule is CCC(=O)N1N=C(c2ccccc2)Sc2c1nc(-c1ccc(OC)cc1)n2C(=O)CC. The Kier molecular flexibility index (Phi) is 5.90. The number of hydrogen-bond acceptors (Lipinski definition) is 6. The van der Waals surface area contributed by atoms with Crippen molar-refractivity contribution in [2.24, 2.45) is 5.10 Å². The minimum atomic E-state index is -0.190. The highest BCUT2D eigenvalue weighted by molar-refractivity contribution is 8.14. The number of rotatable bonds is 5. The lowest BCUT2D eigenvalue weighted by molar-refractivity contribution is -0.118. The van der Waals surface area contributed by atoms with Crippen LogP contribution in [0, 0.1) is 0 Å². The number of ether oxygens (including phenoxy) is 1. The average Bonchev–Trinajstić information content (AvgIpc) is 3.22. The normalized spacial score (nSPS) is 12.9. The molecule has 2 aromatic carbocycles. The van der Waals surface area contributed by atoms with E-state index in [2.05, 4.69) is 5.10 Å². The average molecular weight is 435 g/mol. The third-order valence-corrected chi connectivity index (χ3v) is 5.93. The molecule has 0 bridgehead atoms. The molecule has 2 heterocycles. The van der Waals surface area contributed by atoms with Crippen LogP contribution >= 0.6 is 11.8 Å². The third-order valence-electron chi connectivity index (χ3n) is 4.86. The molecule has 1 aromatic heterocycles. The number of thioether (sulfide) groups is 1. The molecular formula is C23H22N4O3S. The van der Waals surface area contributed by atoms with Gasteiger partial charge in [0.15, 0.2) is 5.82 Å². The fourth-order valence-corrected chi connectivity index (χ4v) is 4.28. The summed E-state index contributed by atoms with van der Waals surface area (Å²) in [6.07, 6.45) is 0.564. The molecule has 0 saturated heterocycles. The van der Waals surface area contributed by atoms with Crippen LogP contribution in [-0.4, -0.2) is 33.5 Å². The van der Waals surface area contributed by atoms with Crippen LogP contribution in [-0.2, 0) is 4.79 Å². The maximum absolute atomic E-state index is 13.0. The number of anilines is 1. The molecule has 0 radical (unpaired) electrons. The Bertz CT molecular complexity index is 1150. The highest BCUT2D eigenvalue weighted by Gasteiger charge is 2.33. The molecule has 0 N–H and O–H groups in total. The first-order chi connectivity index (χ1) is 15.1. The molecule has 31 heavy (non-hydrogen) atoms. The summed E-state index contributed by atoms with van der Waals surface area (Å²) < 4.78 is 6.83. The molecule has 0 saturated carbocycles. The van der Waals surface area contributed by atoms with Crippen molar-refractivity contribution >= 4 is 34.4 Å². The highest BCUT2D eigenvalue weighted by atomic mass is 32.2. The predicted molar refractivity (Wildman–Crippen MR) is 122 cm³/mol. The molecule has 8 heteroatoms. The molecular weight excluding hydrogens is 412 g/mol. The molecule has 1 aliphatic rings. The van der Waals surface area contributed by atoms with Crippen LogP contribution in [0.4, 0.5) is 5.82 Å². The van der Waals surface area contributed by atoms with Crippen molar-refractivity contribution in [1.82, 2.24) is 9.55 Å². The number of nitrogens with zero attached hydrogens (tertiary/aromatic N) is 4. The smallest absolute Gasteiger partial charge is 0.248 e. The van der Waals surface area contributed by atoms with Gasteiger partial charge in [-0.05, 0) is 36.0 Å². The second kappa shape index (κ2) is 8.77. The van der Waals surface area contributed by atoms with Crippen molar-refractivity contribution in [3.05, 3.63) is 60.2 Å². The van der Waals surface area contributed by atoms with Crippen LogP contribution in [0.25, 0.3) is 11.4 Å². The number of benzene rings is 2. The lowest BCUT2D eigenvalue weighted by Gasteiger charge is -2.22. The summed E-state index contributed by atoms with van der Waals surface area (Å²) in [5.41, 5.74) is 1.62. The summed E-state index contributed by atoms with van der Waals surface area (Å²) in [5, 5.41) is 7.13. The van der Waals surface area contributed by atoms with Crippen molar-refractivity contribution < 1.29 is 14.3 Å². The van der Waals surface area contributed by atoms with Gasteiger partial charge < -0.3 is 4.74 Å². The fraction of sp³-hybridized carbons (Fsp3) is 0.217. The number of methoxy groups -OCH3 is 1. The van der Waals surface area contributed by atoms with Crippen molar-refractivity contribution in [2.75, 3.05) is 12.1 Å². The van der Waals surface area contributed by atoms with Crippen molar-refractivity contribution in [3.8, 4) is 17.1 Å². The topological polar surface area (TPSA) is 76.8 Å². The van der Waals surface area contributed by atoms with E-state index in [9.17, 15) is 9.59 Å². The largest absolute Gasteiger partial charge is 0.497 e. The number of carbonyl (C=O) groups is 2. The molecule has 0 unspecified atom stereocenters. The van der Waals surface area contributed by atoms with Gasteiger partial charge in [0.05, 0.1) is 7.11 Å². The van der Waals surface area contributed by atoms with Crippen LogP contribution in [0.3, 0.4) is 0 Å². The van der Waals surface area contributed by atoms with Crippen molar-refractivity contribution in [1.29, 1.82) is 0 Å². The molecule has 0 atom stereocenters. The lowest BCUT2D eigenvalue weighted by Crippen LogP contribution is -2.29. The number of hydrogen-bond donors (Lipinski definition) is 0. The fourth-order valence-electron chi connectivity index (χ4n) is 3.22. The lowest BCUT2D eigenvalue weighted by atomic mass is 10.2. The zero-order chi connectivity index (χ0) is 22.0. The minimum Gasteiger partial charge on any atom is -0.497 e. The van der Waals surface area contributed by atoms with Gasteiger partial charge in [-0.25, -0.2) is 4.98 Å². The molecule has 0 fully saturated rings. The monoisotopic (exact) mass is 434 g/mol. The Labute approximate surface area is 184 Å². The van der Waals surface area contributed by atoms with E-state index in [4.69, 9.17) is 9.72 Å². The van der Waals surface area contributed by atoms with Gasteiger partial charge in [0, 0.05) is 24.0 Å². The standard InChI is InChI=1S/C23H22N4O3S/c1-4-18(28)26-20(15-11-13-17(30-3)14-12-15)24-21-23(26)31-22(16-9-7-6-8-10-16)25-27(21)19(29)5-2/h6-14H,4-5H2,1-3H3. The molecule has 3 aromatic rings. The zero-order valence-electron chi connectivity index (χ0n) is 17.5. The number of amides is 1. The Morgan fingerprint density at radius 3 is 2.23 bits per heavy atom. The van der Waals surface area contributed by atoms with Crippen LogP contribution in [0.5, 0.6) is 5.75 Å². The first kappa shape index (κ1) is 20.9. The van der Waals surface area contributed by atoms with Gasteiger partial charge in [0.2, 0.25) is 11.8 Å². The Morgan fingerprint density at radius 1 is 0.935 bits per heavy atom. The summed E-state index contributed by atoms with van der Waals surface area (Å²) in [6.45, 7) is 3.58. The maximum atomic E-state index is 13.0. The first-order valence-corrected chi connectivity index (χ1v) is 10.8. The number of aromatic nitrogens is 2. The molecule has 4 rings (SSSR count). The van der Waals surface area contributed by atoms with E-state index in [1.54, 1.807) is 25.5 Å². The second-order valence-corrected chi connectivity index (χ2v) is 7.79. The van der Waals surface area contributed by atoms with E-state index in [1.807, 2.05) is 54.6 Å². The summed E-state index contributed by atoms with van der Waals surface area (Å²) in [7, 11) is 1.60. The van der Waals surface area contributed by atoms with E-state index >= 15 is 0 Å². The molecule has 1 amide bonds. The van der Waals surface area contributed by atoms with Crippen LogP contribution < -0.4 is 9.75 Å². The van der Waals surface area contributed by atoms with E-state index in [1.165, 1.54) is 16.8 Å². The van der Waals surface area contributed by atoms with E-state index in [-0.39, 0.29) is 18.2 Å². The Morgan fingerprint density at radius 2 is 1.61 bits per heavy atom. The summed E-state index contributed by atoms with van der Waals surface area (Å²) in [5.74, 6) is 1.27. The van der Waals surface area contributed by atoms with Gasteiger partial charge in [0.1, 0.15) is 21.6 Å². The van der Waals surface area contributed by atoms with Crippen LogP contribution in [0.15, 0.2) is 64.7 Å². The van der Waals surface area contributed by atoms with E-state index in [0.717, 1.165) is 11.1 Å². The number of carbonyl (C=O) groups excluding carboxylic acids is 2. The van der Waals surface area contributed by atoms with Gasteiger partial charge in [-0.3, -0.25) is 14.2 Å². The van der Waals surface area contributed by atoms with E-state index in [0.29, 0.717) is 33.9 Å². The number of fused-ring (bicyclic) bond motifs is 1. The summed E-state index contributed by atoms with van der Waals surface area (Å²) >= 11 is 1.35. The Hall–Kier alpha value is -3.39. The van der Waals surface area contributed by atoms with Gasteiger partial charge in [-0.1, -0.05) is 44.2 Å². The van der Waals surface area contributed by atoms with Gasteiger partial charge >= 0.3 is 0 Å². The molecule has 0 spiro atoms. The predicted octanol–water partition coefficient (Wildman–Crippen LogP) is 4.82. The zero-order valence-corrected chi connectivity index (χ0v) is 18.3. The highest BCUT2D eigenvalue weighted by Crippen LogP contribution is 2.41. The van der Waals surface area contributed by atoms with Gasteiger partial charge in [0.25, 0.3) is 0 Å².